The summed E-state index contributed by atoms with van der Waals surface area (Å²) < 4.78 is 0. The topological polar surface area (TPSA) is 38.0 Å². The van der Waals surface area contributed by atoms with Crippen molar-refractivity contribution in [3.8, 4) is 0 Å². The normalized spacial score (nSPS) is 15.2. The Balaban J connectivity index is 2.31. The summed E-state index contributed by atoms with van der Waals surface area (Å²) in [4.78, 5) is 0.469. The summed E-state index contributed by atoms with van der Waals surface area (Å²) in [5.74, 6) is 0. The quantitative estimate of drug-likeness (QED) is 0.745. The van der Waals surface area contributed by atoms with Gasteiger partial charge in [-0.15, -0.1) is 0 Å². The molecular weight excluding hydrogens is 192 g/mol. The van der Waals surface area contributed by atoms with Crippen LogP contribution in [0.1, 0.15) is 24.0 Å². The zero-order chi connectivity index (χ0) is 10.1. The van der Waals surface area contributed by atoms with Crippen molar-refractivity contribution in [2.45, 2.75) is 25.8 Å². The molecule has 0 heterocycles. The zero-order valence-corrected chi connectivity index (χ0v) is 9.03. The Morgan fingerprint density at radius 1 is 1.50 bits per heavy atom. The number of hydrogen-bond donors (Lipinski definition) is 2. The van der Waals surface area contributed by atoms with Crippen molar-refractivity contribution in [1.29, 1.82) is 0 Å². The second-order valence-corrected chi connectivity index (χ2v) is 4.27. The van der Waals surface area contributed by atoms with Crippen LogP contribution >= 0.6 is 12.2 Å². The Labute approximate surface area is 89.5 Å². The second-order valence-electron chi connectivity index (χ2n) is 3.83. The standard InChI is InChI=1S/C11H14N2S/c1-7-2-5-10(13-8-3-4-8)9(6-7)11(12)14/h2,5-6,8,13H,3-4H2,1H3,(H2,12,14). The third-order valence-corrected chi connectivity index (χ3v) is 2.60. The van der Waals surface area contributed by atoms with Crippen molar-refractivity contribution in [1.82, 2.24) is 0 Å². The summed E-state index contributed by atoms with van der Waals surface area (Å²) in [6, 6.07) is 6.80. The monoisotopic (exact) mass is 206 g/mol. The molecule has 0 unspecified atom stereocenters. The van der Waals surface area contributed by atoms with Crippen molar-refractivity contribution < 1.29 is 0 Å². The van der Waals surface area contributed by atoms with Crippen LogP contribution < -0.4 is 11.1 Å². The van der Waals surface area contributed by atoms with E-state index in [4.69, 9.17) is 18.0 Å². The number of nitrogens with two attached hydrogens (primary N) is 1. The van der Waals surface area contributed by atoms with Crippen LogP contribution in [0.25, 0.3) is 0 Å². The van der Waals surface area contributed by atoms with Gasteiger partial charge in [0.1, 0.15) is 4.99 Å². The molecule has 0 spiro atoms. The van der Waals surface area contributed by atoms with Gasteiger partial charge >= 0.3 is 0 Å². The number of benzene rings is 1. The lowest BCUT2D eigenvalue weighted by atomic mass is 10.1. The molecule has 74 valence electrons. The number of thiocarbonyl (C=S) groups is 1. The van der Waals surface area contributed by atoms with Gasteiger partial charge in [-0.2, -0.15) is 0 Å². The van der Waals surface area contributed by atoms with Gasteiger partial charge in [-0.05, 0) is 31.9 Å². The molecule has 1 aliphatic carbocycles. The van der Waals surface area contributed by atoms with Gasteiger partial charge < -0.3 is 11.1 Å². The number of anilines is 1. The maximum absolute atomic E-state index is 5.67. The first kappa shape index (κ1) is 9.46. The molecule has 3 heteroatoms. The molecule has 2 nitrogen and oxygen atoms in total. The second kappa shape index (κ2) is 3.58. The van der Waals surface area contributed by atoms with E-state index in [9.17, 15) is 0 Å². The molecule has 1 aromatic rings. The van der Waals surface area contributed by atoms with E-state index in [0.29, 0.717) is 11.0 Å². The first-order chi connectivity index (χ1) is 6.66. The van der Waals surface area contributed by atoms with Crippen LogP contribution in [-0.4, -0.2) is 11.0 Å². The largest absolute Gasteiger partial charge is 0.389 e. The molecule has 1 fully saturated rings. The van der Waals surface area contributed by atoms with Crippen molar-refractivity contribution in [3.63, 3.8) is 0 Å². The van der Waals surface area contributed by atoms with Gasteiger partial charge in [-0.3, -0.25) is 0 Å². The molecule has 1 saturated carbocycles. The highest BCUT2D eigenvalue weighted by molar-refractivity contribution is 7.80. The summed E-state index contributed by atoms with van der Waals surface area (Å²) in [5.41, 5.74) is 8.90. The van der Waals surface area contributed by atoms with Gasteiger partial charge in [-0.25, -0.2) is 0 Å². The molecule has 3 N–H and O–H groups in total. The maximum Gasteiger partial charge on any atom is 0.106 e. The van der Waals surface area contributed by atoms with Crippen molar-refractivity contribution in [2.24, 2.45) is 5.73 Å². The lowest BCUT2D eigenvalue weighted by Gasteiger charge is -2.10. The summed E-state index contributed by atoms with van der Waals surface area (Å²) in [7, 11) is 0. The van der Waals surface area contributed by atoms with E-state index in [1.807, 2.05) is 13.0 Å². The van der Waals surface area contributed by atoms with E-state index in [2.05, 4.69) is 17.4 Å². The first-order valence-electron chi connectivity index (χ1n) is 4.84. The fourth-order valence-electron chi connectivity index (χ4n) is 1.44. The molecule has 0 saturated heterocycles. The van der Waals surface area contributed by atoms with E-state index >= 15 is 0 Å². The highest BCUT2D eigenvalue weighted by atomic mass is 32.1. The van der Waals surface area contributed by atoms with Gasteiger partial charge in [0.25, 0.3) is 0 Å². The molecule has 0 radical (unpaired) electrons. The van der Waals surface area contributed by atoms with E-state index in [-0.39, 0.29) is 0 Å². The summed E-state index contributed by atoms with van der Waals surface area (Å²) in [5, 5.41) is 3.43. The van der Waals surface area contributed by atoms with Crippen LogP contribution in [0, 0.1) is 6.92 Å². The predicted octanol–water partition coefficient (Wildman–Crippen LogP) is 2.20. The maximum atomic E-state index is 5.67. The summed E-state index contributed by atoms with van der Waals surface area (Å²) >= 11 is 5.02. The SMILES string of the molecule is Cc1ccc(NC2CC2)c(C(N)=S)c1. The lowest BCUT2D eigenvalue weighted by molar-refractivity contribution is 1.15. The highest BCUT2D eigenvalue weighted by Crippen LogP contribution is 2.27. The van der Waals surface area contributed by atoms with E-state index in [0.717, 1.165) is 11.3 Å². The molecular formula is C11H14N2S. The zero-order valence-electron chi connectivity index (χ0n) is 8.21. The molecule has 2 rings (SSSR count). The number of nitrogens with one attached hydrogen (secondary N) is 1. The Morgan fingerprint density at radius 3 is 2.79 bits per heavy atom. The number of hydrogen-bond acceptors (Lipinski definition) is 2. The van der Waals surface area contributed by atoms with Crippen LogP contribution in [0.3, 0.4) is 0 Å². The van der Waals surface area contributed by atoms with Crippen molar-refractivity contribution in [3.05, 3.63) is 29.3 Å². The minimum atomic E-state index is 0.469. The Kier molecular flexibility index (Phi) is 2.42. The Morgan fingerprint density at radius 2 is 2.21 bits per heavy atom. The third-order valence-electron chi connectivity index (χ3n) is 2.38. The van der Waals surface area contributed by atoms with Crippen LogP contribution in [0.4, 0.5) is 5.69 Å². The molecule has 1 aromatic carbocycles. The van der Waals surface area contributed by atoms with Crippen molar-refractivity contribution >= 4 is 22.9 Å². The average molecular weight is 206 g/mol. The van der Waals surface area contributed by atoms with Gasteiger partial charge in [-0.1, -0.05) is 23.8 Å². The lowest BCUT2D eigenvalue weighted by Crippen LogP contribution is -2.14. The highest BCUT2D eigenvalue weighted by Gasteiger charge is 2.22. The molecule has 14 heavy (non-hydrogen) atoms. The smallest absolute Gasteiger partial charge is 0.106 e. The Hall–Kier alpha value is -1.09. The average Bonchev–Trinajstić information content (AvgIpc) is 2.91. The molecule has 1 aliphatic rings. The van der Waals surface area contributed by atoms with E-state index in [1.165, 1.54) is 18.4 Å². The molecule has 0 aromatic heterocycles. The van der Waals surface area contributed by atoms with Crippen LogP contribution in [0.2, 0.25) is 0 Å². The summed E-state index contributed by atoms with van der Waals surface area (Å²) in [6.45, 7) is 2.04. The number of rotatable bonds is 3. The molecule has 0 bridgehead atoms. The molecule has 0 amide bonds. The van der Waals surface area contributed by atoms with E-state index in [1.54, 1.807) is 0 Å². The molecule has 0 aliphatic heterocycles. The Bertz CT molecular complexity index is 370. The van der Waals surface area contributed by atoms with Crippen molar-refractivity contribution in [2.75, 3.05) is 5.32 Å². The summed E-state index contributed by atoms with van der Waals surface area (Å²) in [6.07, 6.45) is 2.51. The number of aryl methyl sites for hydroxylation is 1. The van der Waals surface area contributed by atoms with Crippen LogP contribution in [0.15, 0.2) is 18.2 Å². The van der Waals surface area contributed by atoms with Gasteiger partial charge in [0.2, 0.25) is 0 Å². The molecule has 0 atom stereocenters. The van der Waals surface area contributed by atoms with Gasteiger partial charge in [0.15, 0.2) is 0 Å². The van der Waals surface area contributed by atoms with Crippen LogP contribution in [-0.2, 0) is 0 Å². The fraction of sp³-hybridized carbons (Fsp3) is 0.364. The first-order valence-corrected chi connectivity index (χ1v) is 5.24. The van der Waals surface area contributed by atoms with Gasteiger partial charge in [0, 0.05) is 17.3 Å². The fourth-order valence-corrected chi connectivity index (χ4v) is 1.60. The van der Waals surface area contributed by atoms with E-state index < -0.39 is 0 Å². The minimum Gasteiger partial charge on any atom is -0.389 e. The third kappa shape index (κ3) is 2.04. The van der Waals surface area contributed by atoms with Gasteiger partial charge in [0.05, 0.1) is 0 Å². The van der Waals surface area contributed by atoms with Crippen LogP contribution in [0.5, 0.6) is 0 Å². The predicted molar refractivity (Wildman–Crippen MR) is 63.7 cm³/mol. The minimum absolute atomic E-state index is 0.469.